The molecule has 2 nitrogen and oxygen atoms in total. The fourth-order valence-electron chi connectivity index (χ4n) is 2.28. The van der Waals surface area contributed by atoms with Crippen molar-refractivity contribution in [1.29, 1.82) is 0 Å². The van der Waals surface area contributed by atoms with Gasteiger partial charge in [0.1, 0.15) is 5.82 Å². The van der Waals surface area contributed by atoms with Crippen LogP contribution in [0.1, 0.15) is 18.1 Å². The van der Waals surface area contributed by atoms with Gasteiger partial charge in [-0.3, -0.25) is 4.57 Å². The zero-order chi connectivity index (χ0) is 15.1. The average molecular weight is 360 g/mol. The Morgan fingerprint density at radius 2 is 1.62 bits per heavy atom. The highest BCUT2D eigenvalue weighted by Gasteiger charge is 2.17. The van der Waals surface area contributed by atoms with Crippen molar-refractivity contribution in [2.75, 3.05) is 0 Å². The van der Waals surface area contributed by atoms with Gasteiger partial charge in [-0.1, -0.05) is 34.8 Å². The van der Waals surface area contributed by atoms with E-state index in [1.54, 1.807) is 6.07 Å². The maximum absolute atomic E-state index is 6.27. The van der Waals surface area contributed by atoms with Crippen LogP contribution in [0.5, 0.6) is 0 Å². The molecule has 0 aliphatic rings. The largest absolute Gasteiger partial charge is 0.295 e. The molecule has 3 aromatic rings. The summed E-state index contributed by atoms with van der Waals surface area (Å²) in [6.07, 6.45) is 0. The zero-order valence-electron chi connectivity index (χ0n) is 10.9. The lowest BCUT2D eigenvalue weighted by Crippen LogP contribution is -2.02. The van der Waals surface area contributed by atoms with E-state index in [-0.39, 0.29) is 5.38 Å². The number of imidazole rings is 1. The van der Waals surface area contributed by atoms with Gasteiger partial charge in [0.25, 0.3) is 0 Å². The van der Waals surface area contributed by atoms with Gasteiger partial charge in [-0.15, -0.1) is 11.6 Å². The highest BCUT2D eigenvalue weighted by Crippen LogP contribution is 2.31. The Hall–Kier alpha value is -0.930. The van der Waals surface area contributed by atoms with Gasteiger partial charge >= 0.3 is 0 Å². The van der Waals surface area contributed by atoms with Crippen molar-refractivity contribution in [1.82, 2.24) is 9.55 Å². The number of aromatic nitrogens is 2. The number of halogens is 4. The summed E-state index contributed by atoms with van der Waals surface area (Å²) in [5, 5.41) is 1.47. The van der Waals surface area contributed by atoms with Crippen LogP contribution in [0.15, 0.2) is 36.4 Å². The average Bonchev–Trinajstić information content (AvgIpc) is 2.76. The minimum atomic E-state index is -0.270. The third kappa shape index (κ3) is 2.86. The summed E-state index contributed by atoms with van der Waals surface area (Å²) < 4.78 is 1.95. The summed E-state index contributed by atoms with van der Waals surface area (Å²) in [6.45, 7) is 1.87. The molecule has 2 aromatic carbocycles. The molecule has 21 heavy (non-hydrogen) atoms. The van der Waals surface area contributed by atoms with Gasteiger partial charge in [0.15, 0.2) is 0 Å². The van der Waals surface area contributed by atoms with Crippen molar-refractivity contribution in [3.05, 3.63) is 57.3 Å². The summed E-state index contributed by atoms with van der Waals surface area (Å²) in [5.41, 5.74) is 2.50. The van der Waals surface area contributed by atoms with Gasteiger partial charge in [-0.2, -0.15) is 0 Å². The van der Waals surface area contributed by atoms with Crippen LogP contribution in [0, 0.1) is 0 Å². The van der Waals surface area contributed by atoms with Gasteiger partial charge < -0.3 is 0 Å². The van der Waals surface area contributed by atoms with E-state index in [9.17, 15) is 0 Å². The van der Waals surface area contributed by atoms with Crippen molar-refractivity contribution in [3.8, 4) is 5.69 Å². The van der Waals surface area contributed by atoms with Crippen LogP contribution in [0.25, 0.3) is 16.7 Å². The van der Waals surface area contributed by atoms with E-state index in [2.05, 4.69) is 4.98 Å². The van der Waals surface area contributed by atoms with Gasteiger partial charge in [-0.05, 0) is 43.3 Å². The third-order valence-corrected chi connectivity index (χ3v) is 3.97. The number of benzene rings is 2. The maximum atomic E-state index is 6.27. The quantitative estimate of drug-likeness (QED) is 0.492. The molecule has 108 valence electrons. The van der Waals surface area contributed by atoms with Crippen LogP contribution in [0.2, 0.25) is 15.1 Å². The molecule has 0 radical (unpaired) electrons. The van der Waals surface area contributed by atoms with Crippen LogP contribution in [0.3, 0.4) is 0 Å². The van der Waals surface area contributed by atoms with Gasteiger partial charge in [0.2, 0.25) is 0 Å². The minimum Gasteiger partial charge on any atom is -0.295 e. The molecule has 0 saturated heterocycles. The van der Waals surface area contributed by atoms with E-state index in [1.807, 2.05) is 41.8 Å². The molecule has 0 amide bonds. The van der Waals surface area contributed by atoms with E-state index < -0.39 is 0 Å². The molecule has 0 bridgehead atoms. The maximum Gasteiger partial charge on any atom is 0.132 e. The second-order valence-corrected chi connectivity index (χ2v) is 6.65. The number of nitrogens with zero attached hydrogens (tertiary/aromatic N) is 2. The van der Waals surface area contributed by atoms with E-state index in [1.165, 1.54) is 0 Å². The molecule has 0 aliphatic carbocycles. The molecule has 0 spiro atoms. The first-order chi connectivity index (χ1) is 9.95. The number of rotatable bonds is 2. The smallest absolute Gasteiger partial charge is 0.132 e. The Kier molecular flexibility index (Phi) is 4.06. The van der Waals surface area contributed by atoms with Crippen LogP contribution >= 0.6 is 46.4 Å². The molecule has 0 fully saturated rings. The number of alkyl halides is 1. The predicted octanol–water partition coefficient (Wildman–Crippen LogP) is 6.29. The zero-order valence-corrected chi connectivity index (χ0v) is 14.0. The predicted molar refractivity (Wildman–Crippen MR) is 90.4 cm³/mol. The highest BCUT2D eigenvalue weighted by molar-refractivity contribution is 6.35. The normalized spacial score (nSPS) is 12.8. The Labute approximate surface area is 142 Å². The van der Waals surface area contributed by atoms with Crippen LogP contribution < -0.4 is 0 Å². The second kappa shape index (κ2) is 5.69. The molecule has 1 aromatic heterocycles. The summed E-state index contributed by atoms with van der Waals surface area (Å²) in [6, 6.07) is 10.9. The number of hydrogen-bond donors (Lipinski definition) is 0. The Bertz CT molecular complexity index is 804. The van der Waals surface area contributed by atoms with Crippen molar-refractivity contribution in [2.45, 2.75) is 12.3 Å². The molecular formula is C15H10Cl4N2. The van der Waals surface area contributed by atoms with E-state index in [0.717, 1.165) is 16.7 Å². The molecule has 0 N–H and O–H groups in total. The minimum absolute atomic E-state index is 0.270. The summed E-state index contributed by atoms with van der Waals surface area (Å²) >= 11 is 24.5. The summed E-state index contributed by atoms with van der Waals surface area (Å²) in [4.78, 5) is 4.57. The monoisotopic (exact) mass is 358 g/mol. The first-order valence-corrected chi connectivity index (χ1v) is 7.81. The number of fused-ring (bicyclic) bond motifs is 1. The summed E-state index contributed by atoms with van der Waals surface area (Å²) in [5.74, 6) is 0.715. The number of hydrogen-bond acceptors (Lipinski definition) is 1. The molecule has 1 unspecified atom stereocenters. The fraction of sp³-hybridized carbons (Fsp3) is 0.133. The SMILES string of the molecule is CC(Cl)c1nc2cc(Cl)ccc2n1-c1cc(Cl)cc(Cl)c1. The Morgan fingerprint density at radius 3 is 2.24 bits per heavy atom. The van der Waals surface area contributed by atoms with Crippen molar-refractivity contribution < 1.29 is 0 Å². The van der Waals surface area contributed by atoms with Crippen LogP contribution in [0.4, 0.5) is 0 Å². The van der Waals surface area contributed by atoms with E-state index in [0.29, 0.717) is 20.9 Å². The van der Waals surface area contributed by atoms with Gasteiger partial charge in [0.05, 0.1) is 22.1 Å². The lowest BCUT2D eigenvalue weighted by molar-refractivity contribution is 0.882. The van der Waals surface area contributed by atoms with Crippen molar-refractivity contribution in [3.63, 3.8) is 0 Å². The van der Waals surface area contributed by atoms with E-state index >= 15 is 0 Å². The van der Waals surface area contributed by atoms with E-state index in [4.69, 9.17) is 46.4 Å². The fourth-order valence-corrected chi connectivity index (χ4v) is 3.11. The highest BCUT2D eigenvalue weighted by atomic mass is 35.5. The first-order valence-electron chi connectivity index (χ1n) is 6.24. The lowest BCUT2D eigenvalue weighted by Gasteiger charge is -2.11. The first kappa shape index (κ1) is 15.0. The Balaban J connectivity index is 2.36. The molecule has 0 aliphatic heterocycles. The van der Waals surface area contributed by atoms with Gasteiger partial charge in [-0.25, -0.2) is 4.98 Å². The second-order valence-electron chi connectivity index (χ2n) is 4.68. The van der Waals surface area contributed by atoms with Crippen LogP contribution in [-0.4, -0.2) is 9.55 Å². The lowest BCUT2D eigenvalue weighted by atomic mass is 10.2. The topological polar surface area (TPSA) is 17.8 Å². The molecule has 1 heterocycles. The Morgan fingerprint density at radius 1 is 0.952 bits per heavy atom. The standard InChI is InChI=1S/C15H10Cl4N2/c1-8(16)15-20-13-7-9(17)2-3-14(13)21(15)12-5-10(18)4-11(19)6-12/h2-8H,1H3. The molecule has 6 heteroatoms. The van der Waals surface area contributed by atoms with Crippen molar-refractivity contribution in [2.24, 2.45) is 0 Å². The van der Waals surface area contributed by atoms with Crippen molar-refractivity contribution >= 4 is 57.4 Å². The molecule has 3 rings (SSSR count). The molecular weight excluding hydrogens is 350 g/mol. The third-order valence-electron chi connectivity index (χ3n) is 3.10. The van der Waals surface area contributed by atoms with Crippen LogP contribution in [-0.2, 0) is 0 Å². The molecule has 1 atom stereocenters. The van der Waals surface area contributed by atoms with Gasteiger partial charge in [0, 0.05) is 15.1 Å². The molecule has 0 saturated carbocycles. The summed E-state index contributed by atoms with van der Waals surface area (Å²) in [7, 11) is 0.